The number of hydrogen-bond acceptors (Lipinski definition) is 4. The van der Waals surface area contributed by atoms with Gasteiger partial charge in [0.2, 0.25) is 11.8 Å². The molecule has 2 rings (SSSR count). The van der Waals surface area contributed by atoms with Gasteiger partial charge in [-0.25, -0.2) is 0 Å². The average molecular weight is 326 g/mol. The molecule has 23 heavy (non-hydrogen) atoms. The second-order valence-electron chi connectivity index (χ2n) is 6.28. The Labute approximate surface area is 136 Å². The summed E-state index contributed by atoms with van der Waals surface area (Å²) >= 11 is 0. The van der Waals surface area contributed by atoms with Crippen molar-refractivity contribution in [2.45, 2.75) is 38.5 Å². The lowest BCUT2D eigenvalue weighted by Crippen LogP contribution is -2.41. The number of ether oxygens (including phenoxy) is 1. The molecule has 7 nitrogen and oxygen atoms in total. The molecule has 1 saturated heterocycles. The molecule has 2 amide bonds. The minimum absolute atomic E-state index is 0.0934. The lowest BCUT2D eigenvalue weighted by molar-refractivity contribution is -0.146. The number of carbonyl (C=O) groups is 3. The highest BCUT2D eigenvalue weighted by molar-refractivity contribution is 5.82. The quantitative estimate of drug-likeness (QED) is 0.826. The van der Waals surface area contributed by atoms with Gasteiger partial charge in [0.15, 0.2) is 0 Å². The molecular weight excluding hydrogens is 300 g/mol. The molecule has 0 spiro atoms. The van der Waals surface area contributed by atoms with E-state index in [0.717, 1.165) is 25.7 Å². The van der Waals surface area contributed by atoms with Crippen LogP contribution in [-0.4, -0.2) is 72.1 Å². The summed E-state index contributed by atoms with van der Waals surface area (Å²) in [6, 6.07) is 0. The highest BCUT2D eigenvalue weighted by atomic mass is 16.5. The van der Waals surface area contributed by atoms with Gasteiger partial charge < -0.3 is 19.6 Å². The van der Waals surface area contributed by atoms with Crippen molar-refractivity contribution in [3.63, 3.8) is 0 Å². The van der Waals surface area contributed by atoms with Crippen LogP contribution in [0.5, 0.6) is 0 Å². The number of aliphatic carboxylic acids is 1. The third kappa shape index (κ3) is 5.49. The predicted octanol–water partition coefficient (Wildman–Crippen LogP) is 0.729. The summed E-state index contributed by atoms with van der Waals surface area (Å²) in [7, 11) is 0. The van der Waals surface area contributed by atoms with Crippen LogP contribution in [0.4, 0.5) is 0 Å². The van der Waals surface area contributed by atoms with Gasteiger partial charge >= 0.3 is 5.97 Å². The fourth-order valence-corrected chi connectivity index (χ4v) is 3.28. The van der Waals surface area contributed by atoms with Gasteiger partial charge in [-0.15, -0.1) is 0 Å². The topological polar surface area (TPSA) is 87.2 Å². The van der Waals surface area contributed by atoms with Crippen molar-refractivity contribution in [3.05, 3.63) is 0 Å². The van der Waals surface area contributed by atoms with Crippen molar-refractivity contribution in [3.8, 4) is 0 Å². The summed E-state index contributed by atoms with van der Waals surface area (Å²) in [5, 5.41) is 8.91. The lowest BCUT2D eigenvalue weighted by Gasteiger charge is -2.26. The minimum Gasteiger partial charge on any atom is -0.480 e. The fraction of sp³-hybridized carbons (Fsp3) is 0.812. The molecule has 0 aromatic heterocycles. The van der Waals surface area contributed by atoms with E-state index in [2.05, 4.69) is 0 Å². The Morgan fingerprint density at radius 2 is 1.78 bits per heavy atom. The molecule has 1 heterocycles. The van der Waals surface area contributed by atoms with Gasteiger partial charge in [0.25, 0.3) is 0 Å². The Bertz CT molecular complexity index is 434. The first-order valence-electron chi connectivity index (χ1n) is 8.44. The van der Waals surface area contributed by atoms with Gasteiger partial charge in [0, 0.05) is 32.2 Å². The van der Waals surface area contributed by atoms with E-state index in [0.29, 0.717) is 39.1 Å². The molecule has 0 radical (unpaired) electrons. The van der Waals surface area contributed by atoms with E-state index < -0.39 is 5.97 Å². The molecule has 2 aliphatic rings. The monoisotopic (exact) mass is 326 g/mol. The second-order valence-corrected chi connectivity index (χ2v) is 6.28. The molecular formula is C16H26N2O5. The molecule has 1 aliphatic carbocycles. The first-order chi connectivity index (χ1) is 11.1. The minimum atomic E-state index is -1.04. The van der Waals surface area contributed by atoms with Gasteiger partial charge in [-0.1, -0.05) is 12.8 Å². The highest BCUT2D eigenvalue weighted by Gasteiger charge is 2.27. The lowest BCUT2D eigenvalue weighted by atomic mass is 10.1. The van der Waals surface area contributed by atoms with Crippen LogP contribution in [-0.2, 0) is 19.1 Å². The zero-order valence-corrected chi connectivity index (χ0v) is 13.5. The first-order valence-corrected chi connectivity index (χ1v) is 8.44. The van der Waals surface area contributed by atoms with Crippen LogP contribution >= 0.6 is 0 Å². The number of amides is 2. The molecule has 0 bridgehead atoms. The molecule has 0 unspecified atom stereocenters. The van der Waals surface area contributed by atoms with Gasteiger partial charge in [-0.3, -0.25) is 14.4 Å². The largest absolute Gasteiger partial charge is 0.480 e. The summed E-state index contributed by atoms with van der Waals surface area (Å²) in [4.78, 5) is 38.6. The number of hydrogen-bond donors (Lipinski definition) is 1. The Kier molecular flexibility index (Phi) is 6.83. The highest BCUT2D eigenvalue weighted by Crippen LogP contribution is 2.26. The van der Waals surface area contributed by atoms with Gasteiger partial charge in [-0.2, -0.15) is 0 Å². The van der Waals surface area contributed by atoms with E-state index in [4.69, 9.17) is 9.84 Å². The molecule has 0 aromatic rings. The van der Waals surface area contributed by atoms with Crippen LogP contribution in [0.15, 0.2) is 0 Å². The van der Waals surface area contributed by atoms with E-state index in [-0.39, 0.29) is 30.9 Å². The van der Waals surface area contributed by atoms with Crippen molar-refractivity contribution < 1.29 is 24.2 Å². The van der Waals surface area contributed by atoms with E-state index >= 15 is 0 Å². The van der Waals surface area contributed by atoms with Crippen LogP contribution in [0.3, 0.4) is 0 Å². The standard InChI is InChI=1S/C16H26N2O5/c19-14-12-23-10-4-9-17(16(22)13-5-1-2-6-13)7-3-8-18(14)11-15(20)21/h13H,1-12H2,(H,20,21). The third-order valence-corrected chi connectivity index (χ3v) is 4.49. The normalized spacial score (nSPS) is 22.0. The Hall–Kier alpha value is -1.63. The van der Waals surface area contributed by atoms with Crippen molar-refractivity contribution in [2.75, 3.05) is 39.4 Å². The van der Waals surface area contributed by atoms with Crippen LogP contribution in [0.2, 0.25) is 0 Å². The molecule has 1 N–H and O–H groups in total. The van der Waals surface area contributed by atoms with Crippen LogP contribution in [0.1, 0.15) is 38.5 Å². The summed E-state index contributed by atoms with van der Waals surface area (Å²) in [6.45, 7) is 1.54. The maximum absolute atomic E-state index is 12.6. The summed E-state index contributed by atoms with van der Waals surface area (Å²) in [5.74, 6) is -0.995. The Morgan fingerprint density at radius 3 is 2.48 bits per heavy atom. The van der Waals surface area contributed by atoms with E-state index in [9.17, 15) is 14.4 Å². The van der Waals surface area contributed by atoms with Crippen molar-refractivity contribution >= 4 is 17.8 Å². The van der Waals surface area contributed by atoms with E-state index in [1.807, 2.05) is 4.90 Å². The van der Waals surface area contributed by atoms with Crippen molar-refractivity contribution in [1.29, 1.82) is 0 Å². The molecule has 1 saturated carbocycles. The molecule has 0 atom stereocenters. The van der Waals surface area contributed by atoms with Crippen LogP contribution in [0, 0.1) is 5.92 Å². The molecule has 7 heteroatoms. The van der Waals surface area contributed by atoms with Crippen molar-refractivity contribution in [2.24, 2.45) is 5.92 Å². The molecule has 1 aliphatic heterocycles. The van der Waals surface area contributed by atoms with Gasteiger partial charge in [0.1, 0.15) is 13.2 Å². The zero-order chi connectivity index (χ0) is 16.7. The Balaban J connectivity index is 1.95. The summed E-state index contributed by atoms with van der Waals surface area (Å²) in [6.07, 6.45) is 5.47. The average Bonchev–Trinajstić information content (AvgIpc) is 3.03. The number of nitrogens with zero attached hydrogens (tertiary/aromatic N) is 2. The fourth-order valence-electron chi connectivity index (χ4n) is 3.28. The smallest absolute Gasteiger partial charge is 0.323 e. The second kappa shape index (κ2) is 8.86. The number of carboxylic acids is 1. The van der Waals surface area contributed by atoms with E-state index in [1.165, 1.54) is 4.90 Å². The van der Waals surface area contributed by atoms with Gasteiger partial charge in [-0.05, 0) is 25.7 Å². The summed E-state index contributed by atoms with van der Waals surface area (Å²) in [5.41, 5.74) is 0. The zero-order valence-electron chi connectivity index (χ0n) is 13.5. The predicted molar refractivity (Wildman–Crippen MR) is 82.8 cm³/mol. The third-order valence-electron chi connectivity index (χ3n) is 4.49. The molecule has 0 aromatic carbocycles. The Morgan fingerprint density at radius 1 is 1.09 bits per heavy atom. The maximum Gasteiger partial charge on any atom is 0.323 e. The number of carboxylic acid groups (broad SMARTS) is 1. The van der Waals surface area contributed by atoms with Crippen LogP contribution in [0.25, 0.3) is 0 Å². The summed E-state index contributed by atoms with van der Waals surface area (Å²) < 4.78 is 5.32. The van der Waals surface area contributed by atoms with Crippen molar-refractivity contribution in [1.82, 2.24) is 9.80 Å². The first kappa shape index (κ1) is 17.7. The molecule has 130 valence electrons. The molecule has 2 fully saturated rings. The van der Waals surface area contributed by atoms with Gasteiger partial charge in [0.05, 0.1) is 0 Å². The number of rotatable bonds is 3. The number of carbonyl (C=O) groups excluding carboxylic acids is 2. The van der Waals surface area contributed by atoms with E-state index in [1.54, 1.807) is 0 Å². The maximum atomic E-state index is 12.6. The van der Waals surface area contributed by atoms with Crippen LogP contribution < -0.4 is 0 Å². The SMILES string of the molecule is O=C(O)CN1CCCN(C(=O)C2CCCC2)CCCOCC1=O.